The van der Waals surface area contributed by atoms with Crippen molar-refractivity contribution in [2.75, 3.05) is 13.9 Å². The molecule has 0 saturated heterocycles. The van der Waals surface area contributed by atoms with Gasteiger partial charge in [-0.3, -0.25) is 0 Å². The zero-order valence-electron chi connectivity index (χ0n) is 8.78. The van der Waals surface area contributed by atoms with Crippen molar-refractivity contribution in [2.45, 2.75) is 12.5 Å². The van der Waals surface area contributed by atoms with Gasteiger partial charge in [0.2, 0.25) is 0 Å². The smallest absolute Gasteiger partial charge is 0.147 e. The summed E-state index contributed by atoms with van der Waals surface area (Å²) in [6, 6.07) is 10.1. The molecule has 1 unspecified atom stereocenters. The van der Waals surface area contributed by atoms with Crippen molar-refractivity contribution in [1.82, 2.24) is 0 Å². The van der Waals surface area contributed by atoms with Crippen molar-refractivity contribution in [2.24, 2.45) is 0 Å². The van der Waals surface area contributed by atoms with Gasteiger partial charge in [0.05, 0.1) is 6.10 Å². The van der Waals surface area contributed by atoms with Crippen LogP contribution in [0.1, 0.15) is 18.1 Å². The number of methoxy groups -OCH3 is 1. The topological polar surface area (TPSA) is 18.5 Å². The van der Waals surface area contributed by atoms with E-state index in [1.54, 1.807) is 7.11 Å². The predicted octanol–water partition coefficient (Wildman–Crippen LogP) is 3.65. The molecule has 0 spiro atoms. The number of rotatable bonds is 6. The Kier molecular flexibility index (Phi) is 5.61. The minimum absolute atomic E-state index is 0.00183. The molecule has 0 bridgehead atoms. The summed E-state index contributed by atoms with van der Waals surface area (Å²) in [5, 5.41) is 0. The normalized spacial score (nSPS) is 12.4. The molecule has 1 aromatic rings. The second-order valence-electron chi connectivity index (χ2n) is 3.19. The summed E-state index contributed by atoms with van der Waals surface area (Å²) in [4.78, 5) is 0. The molecule has 1 atom stereocenters. The van der Waals surface area contributed by atoms with Gasteiger partial charge in [-0.05, 0) is 10.0 Å². The van der Waals surface area contributed by atoms with Crippen molar-refractivity contribution >= 4 is 15.9 Å². The fourth-order valence-corrected chi connectivity index (χ4v) is 1.59. The van der Waals surface area contributed by atoms with Crippen molar-refractivity contribution in [3.63, 3.8) is 0 Å². The van der Waals surface area contributed by atoms with Gasteiger partial charge in [0.1, 0.15) is 6.79 Å². The molecule has 0 aliphatic rings. The number of halogens is 1. The fourth-order valence-electron chi connectivity index (χ4n) is 1.29. The molecule has 0 aliphatic carbocycles. The Hall–Kier alpha value is -0.640. The molecule has 3 heteroatoms. The van der Waals surface area contributed by atoms with Gasteiger partial charge in [0.25, 0.3) is 0 Å². The molecule has 0 fully saturated rings. The van der Waals surface area contributed by atoms with Gasteiger partial charge in [-0.1, -0.05) is 52.8 Å². The molecule has 0 radical (unpaired) electrons. The highest BCUT2D eigenvalue weighted by atomic mass is 79.9. The summed E-state index contributed by atoms with van der Waals surface area (Å²) in [6.07, 6.45) is 0.742. The van der Waals surface area contributed by atoms with Crippen LogP contribution >= 0.6 is 15.9 Å². The highest BCUT2D eigenvalue weighted by Gasteiger charge is 2.11. The zero-order chi connectivity index (χ0) is 11.1. The second kappa shape index (κ2) is 6.77. The van der Waals surface area contributed by atoms with Gasteiger partial charge >= 0.3 is 0 Å². The largest absolute Gasteiger partial charge is 0.359 e. The Balaban J connectivity index is 2.67. The lowest BCUT2D eigenvalue weighted by Crippen LogP contribution is -2.06. The molecule has 0 saturated carbocycles. The van der Waals surface area contributed by atoms with Crippen molar-refractivity contribution in [1.29, 1.82) is 0 Å². The second-order valence-corrected chi connectivity index (χ2v) is 4.32. The maximum Gasteiger partial charge on any atom is 0.147 e. The monoisotopic (exact) mass is 270 g/mol. The summed E-state index contributed by atoms with van der Waals surface area (Å²) in [5.41, 5.74) is 1.13. The van der Waals surface area contributed by atoms with E-state index in [0.717, 1.165) is 16.5 Å². The predicted molar refractivity (Wildman–Crippen MR) is 64.8 cm³/mol. The number of hydrogen-bond acceptors (Lipinski definition) is 2. The van der Waals surface area contributed by atoms with Crippen LogP contribution in [0.15, 0.2) is 41.4 Å². The minimum Gasteiger partial charge on any atom is -0.359 e. The van der Waals surface area contributed by atoms with E-state index in [9.17, 15) is 0 Å². The van der Waals surface area contributed by atoms with Crippen LogP contribution in [0.4, 0.5) is 0 Å². The van der Waals surface area contributed by atoms with Crippen LogP contribution < -0.4 is 0 Å². The standard InChI is InChI=1S/C12H15BrO2/c1-10(13)8-12(15-9-14-2)11-6-4-3-5-7-11/h3-7,12H,1,8-9H2,2H3. The molecular weight excluding hydrogens is 256 g/mol. The molecule has 2 nitrogen and oxygen atoms in total. The molecule has 0 aliphatic heterocycles. The van der Waals surface area contributed by atoms with Crippen molar-refractivity contribution in [3.8, 4) is 0 Å². The highest BCUT2D eigenvalue weighted by Crippen LogP contribution is 2.26. The van der Waals surface area contributed by atoms with E-state index in [0.29, 0.717) is 6.79 Å². The van der Waals surface area contributed by atoms with E-state index >= 15 is 0 Å². The van der Waals surface area contributed by atoms with E-state index in [1.807, 2.05) is 30.3 Å². The SMILES string of the molecule is C=C(Br)CC(OCOC)c1ccccc1. The van der Waals surface area contributed by atoms with E-state index in [4.69, 9.17) is 9.47 Å². The summed E-state index contributed by atoms with van der Waals surface area (Å²) in [5.74, 6) is 0. The summed E-state index contributed by atoms with van der Waals surface area (Å²) < 4.78 is 11.4. The molecule has 0 aromatic heterocycles. The first-order chi connectivity index (χ1) is 7.24. The first-order valence-corrected chi connectivity index (χ1v) is 5.52. The number of ether oxygens (including phenoxy) is 2. The summed E-state index contributed by atoms with van der Waals surface area (Å²) in [6.45, 7) is 4.12. The Morgan fingerprint density at radius 3 is 2.60 bits per heavy atom. The van der Waals surface area contributed by atoms with Crippen LogP contribution in [0.25, 0.3) is 0 Å². The van der Waals surface area contributed by atoms with Gasteiger partial charge in [0, 0.05) is 13.5 Å². The van der Waals surface area contributed by atoms with Gasteiger partial charge in [0.15, 0.2) is 0 Å². The molecule has 82 valence electrons. The lowest BCUT2D eigenvalue weighted by molar-refractivity contribution is -0.0722. The van der Waals surface area contributed by atoms with E-state index in [2.05, 4.69) is 22.5 Å². The third-order valence-corrected chi connectivity index (χ3v) is 2.29. The summed E-state index contributed by atoms with van der Waals surface area (Å²) in [7, 11) is 1.62. The van der Waals surface area contributed by atoms with Crippen LogP contribution in [0.2, 0.25) is 0 Å². The van der Waals surface area contributed by atoms with Gasteiger partial charge in [-0.2, -0.15) is 0 Å². The Bertz CT molecular complexity index is 298. The third kappa shape index (κ3) is 4.60. The Labute approximate surface area is 99.0 Å². The first-order valence-electron chi connectivity index (χ1n) is 4.72. The van der Waals surface area contributed by atoms with Gasteiger partial charge in [-0.25, -0.2) is 0 Å². The van der Waals surface area contributed by atoms with Crippen LogP contribution in [0.3, 0.4) is 0 Å². The maximum absolute atomic E-state index is 5.58. The number of benzene rings is 1. The average Bonchev–Trinajstić information content (AvgIpc) is 2.25. The molecule has 1 aromatic carbocycles. The average molecular weight is 271 g/mol. The zero-order valence-corrected chi connectivity index (χ0v) is 10.4. The quantitative estimate of drug-likeness (QED) is 0.735. The van der Waals surface area contributed by atoms with Gasteiger partial charge in [-0.15, -0.1) is 0 Å². The lowest BCUT2D eigenvalue weighted by Gasteiger charge is -2.17. The number of hydrogen-bond donors (Lipinski definition) is 0. The minimum atomic E-state index is -0.00183. The van der Waals surface area contributed by atoms with Gasteiger partial charge < -0.3 is 9.47 Å². The Morgan fingerprint density at radius 1 is 1.40 bits per heavy atom. The molecule has 15 heavy (non-hydrogen) atoms. The fraction of sp³-hybridized carbons (Fsp3) is 0.333. The van der Waals surface area contributed by atoms with Crippen molar-refractivity contribution in [3.05, 3.63) is 47.0 Å². The molecule has 0 N–H and O–H groups in total. The van der Waals surface area contributed by atoms with E-state index in [1.165, 1.54) is 0 Å². The highest BCUT2D eigenvalue weighted by molar-refractivity contribution is 9.11. The van der Waals surface area contributed by atoms with E-state index in [-0.39, 0.29) is 6.10 Å². The Morgan fingerprint density at radius 2 is 2.07 bits per heavy atom. The lowest BCUT2D eigenvalue weighted by atomic mass is 10.1. The molecule has 0 heterocycles. The van der Waals surface area contributed by atoms with Crippen LogP contribution in [0.5, 0.6) is 0 Å². The maximum atomic E-state index is 5.58. The van der Waals surface area contributed by atoms with Crippen LogP contribution in [0, 0.1) is 0 Å². The third-order valence-electron chi connectivity index (χ3n) is 1.97. The van der Waals surface area contributed by atoms with Crippen molar-refractivity contribution < 1.29 is 9.47 Å². The molecule has 0 amide bonds. The first kappa shape index (κ1) is 12.4. The summed E-state index contributed by atoms with van der Waals surface area (Å²) >= 11 is 3.35. The van der Waals surface area contributed by atoms with Crippen LogP contribution in [-0.2, 0) is 9.47 Å². The van der Waals surface area contributed by atoms with Crippen LogP contribution in [-0.4, -0.2) is 13.9 Å². The molecule has 1 rings (SSSR count). The van der Waals surface area contributed by atoms with E-state index < -0.39 is 0 Å². The molecular formula is C12H15BrO2.